The van der Waals surface area contributed by atoms with Crippen LogP contribution >= 0.6 is 0 Å². The molecule has 92 valence electrons. The molecule has 1 atom stereocenters. The Balaban J connectivity index is 3.28. The largest absolute Gasteiger partial charge is 0.444 e. The lowest BCUT2D eigenvalue weighted by Gasteiger charge is -2.13. The molecule has 0 aromatic rings. The van der Waals surface area contributed by atoms with Crippen molar-refractivity contribution < 1.29 is 8.54 Å². The minimum atomic E-state index is -1.32. The fraction of sp³-hybridized carbons (Fsp3) is 1.00. The van der Waals surface area contributed by atoms with Gasteiger partial charge in [0.05, 0.1) is 0 Å². The molecule has 6 heteroatoms. The Morgan fingerprint density at radius 3 is 2.33 bits per heavy atom. The van der Waals surface area contributed by atoms with E-state index in [-0.39, 0.29) is 9.76 Å². The maximum Gasteiger partial charge on any atom is 0.310 e. The van der Waals surface area contributed by atoms with Gasteiger partial charge in [0.15, 0.2) is 0 Å². The van der Waals surface area contributed by atoms with Crippen molar-refractivity contribution in [1.82, 2.24) is 0 Å². The normalized spacial score (nSPS) is 13.8. The van der Waals surface area contributed by atoms with Crippen LogP contribution in [0, 0.1) is 0 Å². The predicted octanol–water partition coefficient (Wildman–Crippen LogP) is -0.150. The topological polar surface area (TPSA) is 70.5 Å². The molecular formula is C9H26N2O2Si2. The van der Waals surface area contributed by atoms with Crippen LogP contribution in [0.25, 0.3) is 0 Å². The van der Waals surface area contributed by atoms with Gasteiger partial charge >= 0.3 is 9.28 Å². The maximum absolute atomic E-state index is 5.86. The Morgan fingerprint density at radius 2 is 1.73 bits per heavy atom. The van der Waals surface area contributed by atoms with Crippen LogP contribution in [0.4, 0.5) is 0 Å². The van der Waals surface area contributed by atoms with E-state index in [4.69, 9.17) is 20.0 Å². The second-order valence-electron chi connectivity index (χ2n) is 3.67. The first-order valence-electron chi connectivity index (χ1n) is 5.89. The molecule has 15 heavy (non-hydrogen) atoms. The van der Waals surface area contributed by atoms with Crippen molar-refractivity contribution >= 4 is 19.0 Å². The van der Waals surface area contributed by atoms with E-state index < -0.39 is 9.28 Å². The Hall–Kier alpha value is 0.274. The minimum Gasteiger partial charge on any atom is -0.444 e. The van der Waals surface area contributed by atoms with Gasteiger partial charge in [-0.1, -0.05) is 12.8 Å². The zero-order valence-corrected chi connectivity index (χ0v) is 12.5. The third-order valence-electron chi connectivity index (χ3n) is 2.31. The molecule has 0 saturated carbocycles. The molecule has 0 saturated heterocycles. The summed E-state index contributed by atoms with van der Waals surface area (Å²) < 4.78 is 11.2. The van der Waals surface area contributed by atoms with Gasteiger partial charge in [-0.05, 0) is 38.0 Å². The summed E-state index contributed by atoms with van der Waals surface area (Å²) in [6.07, 6.45) is 4.59. The molecule has 0 fully saturated rings. The SMILES string of the molecule is CO[SiH](CCCCN)O[SiH2]CCCCN. The molecule has 4 N–H and O–H groups in total. The van der Waals surface area contributed by atoms with Crippen LogP contribution < -0.4 is 11.5 Å². The number of hydrogen-bond acceptors (Lipinski definition) is 4. The zero-order valence-electron chi connectivity index (χ0n) is 9.91. The maximum atomic E-state index is 5.86. The highest BCUT2D eigenvalue weighted by molar-refractivity contribution is 6.53. The second-order valence-corrected chi connectivity index (χ2v) is 8.03. The van der Waals surface area contributed by atoms with E-state index in [1.54, 1.807) is 7.11 Å². The Labute approximate surface area is 97.5 Å². The lowest BCUT2D eigenvalue weighted by molar-refractivity contribution is 0.337. The summed E-state index contributed by atoms with van der Waals surface area (Å²) in [4.78, 5) is 0. The van der Waals surface area contributed by atoms with Crippen LogP contribution in [0.3, 0.4) is 0 Å². The molecule has 0 rings (SSSR count). The minimum absolute atomic E-state index is 0.352. The van der Waals surface area contributed by atoms with Gasteiger partial charge in [0.1, 0.15) is 9.76 Å². The highest BCUT2D eigenvalue weighted by Crippen LogP contribution is 2.04. The van der Waals surface area contributed by atoms with Crippen LogP contribution in [0.15, 0.2) is 0 Å². The van der Waals surface area contributed by atoms with E-state index in [2.05, 4.69) is 0 Å². The number of rotatable bonds is 11. The molecule has 0 aliphatic heterocycles. The van der Waals surface area contributed by atoms with Gasteiger partial charge in [-0.3, -0.25) is 0 Å². The van der Waals surface area contributed by atoms with E-state index >= 15 is 0 Å². The van der Waals surface area contributed by atoms with Crippen molar-refractivity contribution in [3.05, 3.63) is 0 Å². The van der Waals surface area contributed by atoms with Crippen molar-refractivity contribution in [2.24, 2.45) is 11.5 Å². The van der Waals surface area contributed by atoms with Crippen LogP contribution in [0.1, 0.15) is 25.7 Å². The van der Waals surface area contributed by atoms with Crippen LogP contribution in [-0.2, 0) is 8.54 Å². The van der Waals surface area contributed by atoms with Crippen LogP contribution in [0.5, 0.6) is 0 Å². The summed E-state index contributed by atoms with van der Waals surface area (Å²) in [6, 6.07) is 2.35. The molecule has 0 aliphatic rings. The van der Waals surface area contributed by atoms with Gasteiger partial charge in [0.25, 0.3) is 0 Å². The smallest absolute Gasteiger partial charge is 0.310 e. The highest BCUT2D eigenvalue weighted by Gasteiger charge is 2.09. The summed E-state index contributed by atoms with van der Waals surface area (Å²) in [5.74, 6) is 0. The standard InChI is InChI=1S/C9H26N2O2Si2/c1-12-15(9-5-3-7-11)13-14-8-4-2-6-10/h15H,2-11,14H2,1H3. The first-order valence-corrected chi connectivity index (χ1v) is 9.23. The third-order valence-corrected chi connectivity index (χ3v) is 6.93. The predicted molar refractivity (Wildman–Crippen MR) is 70.0 cm³/mol. The van der Waals surface area contributed by atoms with E-state index in [0.717, 1.165) is 38.4 Å². The van der Waals surface area contributed by atoms with E-state index in [9.17, 15) is 0 Å². The summed E-state index contributed by atoms with van der Waals surface area (Å²) >= 11 is 0. The van der Waals surface area contributed by atoms with Gasteiger partial charge in [0, 0.05) is 7.11 Å². The molecule has 4 nitrogen and oxygen atoms in total. The molecular weight excluding hydrogens is 224 g/mol. The summed E-state index contributed by atoms with van der Waals surface area (Å²) in [6.45, 7) is 1.58. The van der Waals surface area contributed by atoms with Gasteiger partial charge in [-0.15, -0.1) is 0 Å². The number of hydrogen-bond donors (Lipinski definition) is 2. The van der Waals surface area contributed by atoms with Crippen molar-refractivity contribution in [1.29, 1.82) is 0 Å². The Morgan fingerprint density at radius 1 is 1.07 bits per heavy atom. The molecule has 0 aromatic carbocycles. The summed E-state index contributed by atoms with van der Waals surface area (Å²) in [7, 11) is 0.0985. The molecule has 0 amide bonds. The monoisotopic (exact) mass is 250 g/mol. The summed E-state index contributed by atoms with van der Waals surface area (Å²) in [5, 5.41) is 0. The summed E-state index contributed by atoms with van der Waals surface area (Å²) in [5.41, 5.74) is 10.9. The van der Waals surface area contributed by atoms with E-state index in [1.165, 1.54) is 12.5 Å². The average Bonchev–Trinajstić information content (AvgIpc) is 2.26. The van der Waals surface area contributed by atoms with Crippen molar-refractivity contribution in [3.63, 3.8) is 0 Å². The van der Waals surface area contributed by atoms with Crippen molar-refractivity contribution in [2.75, 3.05) is 20.2 Å². The molecule has 0 heterocycles. The molecule has 0 bridgehead atoms. The van der Waals surface area contributed by atoms with Crippen molar-refractivity contribution in [2.45, 2.75) is 37.8 Å². The van der Waals surface area contributed by atoms with Crippen LogP contribution in [-0.4, -0.2) is 39.2 Å². The fourth-order valence-electron chi connectivity index (χ4n) is 1.36. The van der Waals surface area contributed by atoms with Crippen molar-refractivity contribution in [3.8, 4) is 0 Å². The van der Waals surface area contributed by atoms with E-state index in [0.29, 0.717) is 0 Å². The molecule has 0 aromatic heterocycles. The first kappa shape index (κ1) is 15.3. The average molecular weight is 250 g/mol. The first-order chi connectivity index (χ1) is 7.35. The van der Waals surface area contributed by atoms with E-state index in [1.807, 2.05) is 0 Å². The Bertz CT molecular complexity index is 131. The second kappa shape index (κ2) is 12.3. The van der Waals surface area contributed by atoms with Crippen LogP contribution in [0.2, 0.25) is 12.1 Å². The molecule has 1 unspecified atom stereocenters. The quantitative estimate of drug-likeness (QED) is 0.395. The van der Waals surface area contributed by atoms with Gasteiger partial charge in [0.2, 0.25) is 0 Å². The molecule has 0 aliphatic carbocycles. The fourth-order valence-corrected chi connectivity index (χ4v) is 5.71. The highest BCUT2D eigenvalue weighted by atomic mass is 28.4. The number of unbranched alkanes of at least 4 members (excludes halogenated alkanes) is 2. The van der Waals surface area contributed by atoms with Gasteiger partial charge < -0.3 is 20.0 Å². The van der Waals surface area contributed by atoms with Gasteiger partial charge in [-0.25, -0.2) is 0 Å². The Kier molecular flexibility index (Phi) is 12.6. The van der Waals surface area contributed by atoms with Gasteiger partial charge in [-0.2, -0.15) is 0 Å². The number of nitrogens with two attached hydrogens (primary N) is 2. The molecule has 0 radical (unpaired) electrons. The zero-order chi connectivity index (χ0) is 11.4. The lowest BCUT2D eigenvalue weighted by Crippen LogP contribution is -2.23. The molecule has 0 spiro atoms. The third kappa shape index (κ3) is 10.6. The lowest BCUT2D eigenvalue weighted by atomic mass is 10.3.